The van der Waals surface area contributed by atoms with Gasteiger partial charge in [0.25, 0.3) is 0 Å². The quantitative estimate of drug-likeness (QED) is 0.868. The number of hydrogen-bond acceptors (Lipinski definition) is 5. The molecular formula is C17H20ClN5O. The number of anilines is 1. The minimum absolute atomic E-state index is 0. The van der Waals surface area contributed by atoms with E-state index in [4.69, 9.17) is 10.5 Å². The van der Waals surface area contributed by atoms with Crippen LogP contribution in [0.4, 0.5) is 5.69 Å². The number of nitrogens with one attached hydrogen (secondary N) is 2. The predicted octanol–water partition coefficient (Wildman–Crippen LogP) is 1.64. The fraction of sp³-hybridized carbons (Fsp3) is 0.471. The van der Waals surface area contributed by atoms with E-state index in [1.807, 2.05) is 18.2 Å². The maximum Gasteiger partial charge on any atom is 0.240 e. The van der Waals surface area contributed by atoms with Gasteiger partial charge in [0, 0.05) is 19.1 Å². The Kier molecular flexibility index (Phi) is 6.03. The van der Waals surface area contributed by atoms with Crippen molar-refractivity contribution in [2.45, 2.75) is 37.4 Å². The van der Waals surface area contributed by atoms with Gasteiger partial charge in [-0.1, -0.05) is 12.1 Å². The van der Waals surface area contributed by atoms with Crippen LogP contribution in [0.3, 0.4) is 0 Å². The van der Waals surface area contributed by atoms with E-state index in [9.17, 15) is 4.79 Å². The lowest BCUT2D eigenvalue weighted by Crippen LogP contribution is -2.45. The highest BCUT2D eigenvalue weighted by Gasteiger charge is 2.37. The molecule has 0 aromatic heterocycles. The Morgan fingerprint density at radius 2 is 2.12 bits per heavy atom. The second-order valence-electron chi connectivity index (χ2n) is 6.01. The summed E-state index contributed by atoms with van der Waals surface area (Å²) in [5.74, 6) is 0.0203. The Hall–Kier alpha value is -2.28. The normalized spacial score (nSPS) is 25.4. The molecule has 3 atom stereocenters. The van der Waals surface area contributed by atoms with Gasteiger partial charge >= 0.3 is 0 Å². The Bertz CT molecular complexity index is 680. The van der Waals surface area contributed by atoms with Crippen LogP contribution in [0.2, 0.25) is 0 Å². The summed E-state index contributed by atoms with van der Waals surface area (Å²) in [5.41, 5.74) is 1.40. The smallest absolute Gasteiger partial charge is 0.240 e. The van der Waals surface area contributed by atoms with Crippen LogP contribution < -0.4 is 10.6 Å². The van der Waals surface area contributed by atoms with Gasteiger partial charge in [-0.3, -0.25) is 4.79 Å². The first-order valence-electron chi connectivity index (χ1n) is 7.92. The fourth-order valence-corrected chi connectivity index (χ4v) is 3.33. The lowest BCUT2D eigenvalue weighted by molar-refractivity contribution is -0.133. The van der Waals surface area contributed by atoms with Crippen molar-refractivity contribution in [2.24, 2.45) is 0 Å². The maximum absolute atomic E-state index is 12.6. The van der Waals surface area contributed by atoms with Gasteiger partial charge in [0.05, 0.1) is 23.4 Å². The number of halogens is 1. The minimum atomic E-state index is -0.282. The molecule has 126 valence electrons. The number of amides is 1. The molecule has 2 N–H and O–H groups in total. The van der Waals surface area contributed by atoms with E-state index in [0.717, 1.165) is 18.5 Å². The summed E-state index contributed by atoms with van der Waals surface area (Å²) in [6.07, 6.45) is 2.33. The van der Waals surface area contributed by atoms with Crippen molar-refractivity contribution in [2.75, 3.05) is 18.4 Å². The first-order valence-corrected chi connectivity index (χ1v) is 7.92. The molecule has 2 saturated heterocycles. The van der Waals surface area contributed by atoms with Gasteiger partial charge < -0.3 is 15.5 Å². The van der Waals surface area contributed by atoms with Crippen molar-refractivity contribution in [1.82, 2.24) is 10.2 Å². The number of para-hydroxylation sites is 1. The zero-order valence-electron chi connectivity index (χ0n) is 13.2. The second kappa shape index (κ2) is 8.01. The van der Waals surface area contributed by atoms with Gasteiger partial charge in [0.15, 0.2) is 0 Å². The molecule has 0 unspecified atom stereocenters. The third-order valence-electron chi connectivity index (χ3n) is 4.52. The molecule has 1 aromatic carbocycles. The van der Waals surface area contributed by atoms with Crippen molar-refractivity contribution >= 4 is 24.0 Å². The Balaban J connectivity index is 0.00000208. The molecule has 7 heteroatoms. The lowest BCUT2D eigenvalue weighted by Gasteiger charge is -2.23. The number of nitriles is 2. The topological polar surface area (TPSA) is 91.9 Å². The largest absolute Gasteiger partial charge is 0.380 e. The number of nitrogens with zero attached hydrogens (tertiary/aromatic N) is 3. The zero-order chi connectivity index (χ0) is 16.2. The predicted molar refractivity (Wildman–Crippen MR) is 92.6 cm³/mol. The molecule has 2 fully saturated rings. The third kappa shape index (κ3) is 3.62. The number of rotatable bonds is 3. The molecule has 1 amide bonds. The Morgan fingerprint density at radius 3 is 2.88 bits per heavy atom. The van der Waals surface area contributed by atoms with E-state index in [2.05, 4.69) is 22.8 Å². The van der Waals surface area contributed by atoms with Gasteiger partial charge in [-0.2, -0.15) is 10.5 Å². The second-order valence-corrected chi connectivity index (χ2v) is 6.01. The highest BCUT2D eigenvalue weighted by Crippen LogP contribution is 2.22. The monoisotopic (exact) mass is 345 g/mol. The highest BCUT2D eigenvalue weighted by atomic mass is 35.5. The third-order valence-corrected chi connectivity index (χ3v) is 4.52. The SMILES string of the molecule is Cl.N#Cc1ccccc1N[C@@H]1CN[C@H](C(=O)N2CCC[C@H]2C#N)C1. The summed E-state index contributed by atoms with van der Waals surface area (Å²) in [6.45, 7) is 1.34. The number of hydrogen-bond donors (Lipinski definition) is 2. The molecule has 3 rings (SSSR count). The van der Waals surface area contributed by atoms with Crippen LogP contribution in [0.25, 0.3) is 0 Å². The summed E-state index contributed by atoms with van der Waals surface area (Å²) in [7, 11) is 0. The highest BCUT2D eigenvalue weighted by molar-refractivity contribution is 5.85. The van der Waals surface area contributed by atoms with Gasteiger partial charge in [-0.15, -0.1) is 12.4 Å². The van der Waals surface area contributed by atoms with E-state index in [1.54, 1.807) is 11.0 Å². The molecule has 0 radical (unpaired) electrons. The first kappa shape index (κ1) is 18.1. The van der Waals surface area contributed by atoms with E-state index in [0.29, 0.717) is 25.1 Å². The molecule has 24 heavy (non-hydrogen) atoms. The number of carbonyl (C=O) groups is 1. The van der Waals surface area contributed by atoms with Crippen molar-refractivity contribution in [3.8, 4) is 12.1 Å². The number of benzene rings is 1. The van der Waals surface area contributed by atoms with Crippen LogP contribution in [0.1, 0.15) is 24.8 Å². The van der Waals surface area contributed by atoms with Gasteiger partial charge in [-0.05, 0) is 31.4 Å². The summed E-state index contributed by atoms with van der Waals surface area (Å²) >= 11 is 0. The average Bonchev–Trinajstić information content (AvgIpc) is 3.23. The van der Waals surface area contributed by atoms with Crippen LogP contribution in [0, 0.1) is 22.7 Å². The molecule has 0 bridgehead atoms. The molecular weight excluding hydrogens is 326 g/mol. The van der Waals surface area contributed by atoms with Gasteiger partial charge in [0.2, 0.25) is 5.91 Å². The van der Waals surface area contributed by atoms with Crippen molar-refractivity contribution < 1.29 is 4.79 Å². The Morgan fingerprint density at radius 1 is 1.33 bits per heavy atom. The molecule has 2 heterocycles. The molecule has 2 aliphatic rings. The van der Waals surface area contributed by atoms with Crippen molar-refractivity contribution in [3.63, 3.8) is 0 Å². The molecule has 0 saturated carbocycles. The van der Waals surface area contributed by atoms with Crippen molar-refractivity contribution in [3.05, 3.63) is 29.8 Å². The maximum atomic E-state index is 12.6. The Labute approximate surface area is 147 Å². The van der Waals surface area contributed by atoms with Crippen LogP contribution in [-0.4, -0.2) is 42.0 Å². The van der Waals surface area contributed by atoms with Crippen molar-refractivity contribution in [1.29, 1.82) is 10.5 Å². The molecule has 1 aromatic rings. The standard InChI is InChI=1S/C17H19N5O.ClH/c18-9-12-4-1-2-6-15(12)21-13-8-16(20-11-13)17(23)22-7-3-5-14(22)10-19;/h1-2,4,6,13-14,16,20-21H,3,5,7-8,11H2;1H/t13-,14-,16-;/m0./s1. The minimum Gasteiger partial charge on any atom is -0.380 e. The summed E-state index contributed by atoms with van der Waals surface area (Å²) < 4.78 is 0. The molecule has 2 aliphatic heterocycles. The summed E-state index contributed by atoms with van der Waals surface area (Å²) in [5, 5.41) is 24.8. The average molecular weight is 346 g/mol. The van der Waals surface area contributed by atoms with Crippen LogP contribution in [-0.2, 0) is 4.79 Å². The van der Waals surface area contributed by atoms with E-state index in [1.165, 1.54) is 0 Å². The summed E-state index contributed by atoms with van der Waals surface area (Å²) in [4.78, 5) is 14.3. The van der Waals surface area contributed by atoms with Gasteiger partial charge in [0.1, 0.15) is 12.1 Å². The lowest BCUT2D eigenvalue weighted by atomic mass is 10.1. The van der Waals surface area contributed by atoms with E-state index < -0.39 is 0 Å². The summed E-state index contributed by atoms with van der Waals surface area (Å²) in [6, 6.07) is 11.3. The van der Waals surface area contributed by atoms with E-state index in [-0.39, 0.29) is 36.4 Å². The fourth-order valence-electron chi connectivity index (χ4n) is 3.33. The van der Waals surface area contributed by atoms with Crippen LogP contribution in [0.5, 0.6) is 0 Å². The van der Waals surface area contributed by atoms with Crippen LogP contribution in [0.15, 0.2) is 24.3 Å². The van der Waals surface area contributed by atoms with Crippen LogP contribution >= 0.6 is 12.4 Å². The molecule has 0 aliphatic carbocycles. The van der Waals surface area contributed by atoms with Gasteiger partial charge in [-0.25, -0.2) is 0 Å². The van der Waals surface area contributed by atoms with E-state index >= 15 is 0 Å². The number of carbonyl (C=O) groups excluding carboxylic acids is 1. The zero-order valence-corrected chi connectivity index (χ0v) is 14.1. The first-order chi connectivity index (χ1) is 11.2. The molecule has 0 spiro atoms. The molecule has 6 nitrogen and oxygen atoms in total. The number of likely N-dealkylation sites (tertiary alicyclic amines) is 1.